The van der Waals surface area contributed by atoms with Gasteiger partial charge in [0.2, 0.25) is 0 Å². The van der Waals surface area contributed by atoms with Crippen molar-refractivity contribution in [2.75, 3.05) is 13.2 Å². The molecule has 0 aliphatic rings. The van der Waals surface area contributed by atoms with E-state index in [4.69, 9.17) is 9.47 Å². The van der Waals surface area contributed by atoms with Gasteiger partial charge in [0.25, 0.3) is 5.56 Å². The Morgan fingerprint density at radius 2 is 1.88 bits per heavy atom. The van der Waals surface area contributed by atoms with Gasteiger partial charge in [-0.1, -0.05) is 11.3 Å². The van der Waals surface area contributed by atoms with Crippen LogP contribution in [-0.4, -0.2) is 34.5 Å². The predicted molar refractivity (Wildman–Crippen MR) is 88.8 cm³/mol. The lowest BCUT2D eigenvalue weighted by Gasteiger charge is -2.02. The van der Waals surface area contributed by atoms with Crippen LogP contribution in [0.4, 0.5) is 0 Å². The Hall–Kier alpha value is -2.74. The summed E-state index contributed by atoms with van der Waals surface area (Å²) in [4.78, 5) is 40.8. The van der Waals surface area contributed by atoms with Crippen molar-refractivity contribution in [1.82, 2.24) is 9.38 Å². The highest BCUT2D eigenvalue weighted by atomic mass is 32.1. The molecule has 7 nitrogen and oxygen atoms in total. The number of carbonyl (C=O) groups is 2. The van der Waals surface area contributed by atoms with Gasteiger partial charge in [-0.25, -0.2) is 14.6 Å². The van der Waals surface area contributed by atoms with Crippen LogP contribution in [-0.2, 0) is 9.47 Å². The second-order valence-electron chi connectivity index (χ2n) is 4.82. The third-order valence-corrected chi connectivity index (χ3v) is 4.35. The topological polar surface area (TPSA) is 87.0 Å². The minimum absolute atomic E-state index is 0.122. The summed E-state index contributed by atoms with van der Waals surface area (Å²) in [5.74, 6) is -1.13. The zero-order valence-corrected chi connectivity index (χ0v) is 13.9. The van der Waals surface area contributed by atoms with Crippen LogP contribution in [0.2, 0.25) is 0 Å². The van der Waals surface area contributed by atoms with Gasteiger partial charge in [-0.05, 0) is 32.0 Å². The molecular formula is C16H14N2O5S. The standard InChI is InChI=1S/C16H14N2O5S/c1-3-22-14(20)9-5-6-11-12(7-9)24-16-17-8-10(13(19)18(11)16)15(21)23-4-2/h5-8H,3-4H2,1-2H3. The summed E-state index contributed by atoms with van der Waals surface area (Å²) in [6.07, 6.45) is 1.22. The minimum atomic E-state index is -0.702. The monoisotopic (exact) mass is 346 g/mol. The summed E-state index contributed by atoms with van der Waals surface area (Å²) in [5.41, 5.74) is 0.360. The molecule has 3 aromatic rings. The maximum absolute atomic E-state index is 12.6. The van der Waals surface area contributed by atoms with E-state index in [0.29, 0.717) is 20.7 Å². The fraction of sp³-hybridized carbons (Fsp3) is 0.250. The molecule has 124 valence electrons. The fourth-order valence-corrected chi connectivity index (χ4v) is 3.32. The first-order valence-corrected chi connectivity index (χ1v) is 8.17. The second kappa shape index (κ2) is 6.40. The lowest BCUT2D eigenvalue weighted by atomic mass is 10.2. The number of carbonyl (C=O) groups excluding carboxylic acids is 2. The third-order valence-electron chi connectivity index (χ3n) is 3.34. The third kappa shape index (κ3) is 2.65. The number of rotatable bonds is 4. The van der Waals surface area contributed by atoms with E-state index in [2.05, 4.69) is 4.98 Å². The van der Waals surface area contributed by atoms with Crippen molar-refractivity contribution in [3.8, 4) is 0 Å². The Balaban J connectivity index is 2.18. The van der Waals surface area contributed by atoms with E-state index in [-0.39, 0.29) is 18.8 Å². The summed E-state index contributed by atoms with van der Waals surface area (Å²) in [5, 5.41) is 0. The van der Waals surface area contributed by atoms with Crippen LogP contribution < -0.4 is 5.56 Å². The second-order valence-corrected chi connectivity index (χ2v) is 5.83. The van der Waals surface area contributed by atoms with Gasteiger partial charge in [0.1, 0.15) is 5.56 Å². The van der Waals surface area contributed by atoms with Crippen LogP contribution in [0, 0.1) is 0 Å². The molecule has 0 fully saturated rings. The summed E-state index contributed by atoms with van der Waals surface area (Å²) < 4.78 is 11.9. The number of fused-ring (bicyclic) bond motifs is 3. The Bertz CT molecular complexity index is 1000. The number of hydrogen-bond acceptors (Lipinski definition) is 7. The first kappa shape index (κ1) is 16.1. The molecule has 0 amide bonds. The van der Waals surface area contributed by atoms with E-state index in [9.17, 15) is 14.4 Å². The van der Waals surface area contributed by atoms with E-state index in [1.165, 1.54) is 21.9 Å². The van der Waals surface area contributed by atoms with Crippen LogP contribution >= 0.6 is 11.3 Å². The number of thiazole rings is 1. The molecule has 2 heterocycles. The molecule has 0 radical (unpaired) electrons. The zero-order valence-electron chi connectivity index (χ0n) is 13.1. The van der Waals surface area contributed by atoms with Gasteiger partial charge in [0.15, 0.2) is 4.96 Å². The highest BCUT2D eigenvalue weighted by Gasteiger charge is 2.18. The van der Waals surface area contributed by atoms with Gasteiger partial charge in [-0.2, -0.15) is 0 Å². The predicted octanol–water partition coefficient (Wildman–Crippen LogP) is 2.26. The van der Waals surface area contributed by atoms with Crippen molar-refractivity contribution < 1.29 is 19.1 Å². The molecule has 0 saturated heterocycles. The van der Waals surface area contributed by atoms with E-state index in [1.54, 1.807) is 32.0 Å². The van der Waals surface area contributed by atoms with Crippen LogP contribution in [0.1, 0.15) is 34.6 Å². The molecule has 8 heteroatoms. The summed E-state index contributed by atoms with van der Waals surface area (Å²) >= 11 is 1.25. The Morgan fingerprint density at radius 3 is 2.58 bits per heavy atom. The van der Waals surface area contributed by atoms with Crippen LogP contribution in [0.5, 0.6) is 0 Å². The average molecular weight is 346 g/mol. The molecular weight excluding hydrogens is 332 g/mol. The van der Waals surface area contributed by atoms with Gasteiger partial charge in [0.05, 0.1) is 35.2 Å². The molecule has 1 aromatic carbocycles. The van der Waals surface area contributed by atoms with Gasteiger partial charge < -0.3 is 9.47 Å². The maximum atomic E-state index is 12.6. The normalized spacial score (nSPS) is 10.9. The lowest BCUT2D eigenvalue weighted by molar-refractivity contribution is 0.0515. The van der Waals surface area contributed by atoms with Crippen molar-refractivity contribution in [3.63, 3.8) is 0 Å². The molecule has 0 unspecified atom stereocenters. The molecule has 0 N–H and O–H groups in total. The SMILES string of the molecule is CCOC(=O)c1ccc2c(c1)sc1ncc(C(=O)OCC)c(=O)n12. The molecule has 0 bridgehead atoms. The number of hydrogen-bond donors (Lipinski definition) is 0. The molecule has 0 spiro atoms. The molecule has 2 aromatic heterocycles. The highest BCUT2D eigenvalue weighted by molar-refractivity contribution is 7.23. The smallest absolute Gasteiger partial charge is 0.345 e. The minimum Gasteiger partial charge on any atom is -0.462 e. The molecule has 3 rings (SSSR count). The molecule has 0 aliphatic carbocycles. The summed E-state index contributed by atoms with van der Waals surface area (Å²) in [7, 11) is 0. The molecule has 0 atom stereocenters. The van der Waals surface area contributed by atoms with Crippen molar-refractivity contribution in [1.29, 1.82) is 0 Å². The number of benzene rings is 1. The van der Waals surface area contributed by atoms with E-state index < -0.39 is 17.5 Å². The van der Waals surface area contributed by atoms with Crippen molar-refractivity contribution in [2.45, 2.75) is 13.8 Å². The molecule has 24 heavy (non-hydrogen) atoms. The van der Waals surface area contributed by atoms with Gasteiger partial charge in [-0.3, -0.25) is 9.20 Å². The van der Waals surface area contributed by atoms with Crippen LogP contribution in [0.25, 0.3) is 15.2 Å². The first-order valence-electron chi connectivity index (χ1n) is 7.35. The van der Waals surface area contributed by atoms with E-state index in [1.807, 2.05) is 0 Å². The fourth-order valence-electron chi connectivity index (χ4n) is 2.29. The van der Waals surface area contributed by atoms with Crippen molar-refractivity contribution in [3.05, 3.63) is 45.9 Å². The molecule has 0 aliphatic heterocycles. The quantitative estimate of drug-likeness (QED) is 0.674. The number of ether oxygens (including phenoxy) is 2. The van der Waals surface area contributed by atoms with Crippen LogP contribution in [0.15, 0.2) is 29.2 Å². The number of nitrogens with zero attached hydrogens (tertiary/aromatic N) is 2. The van der Waals surface area contributed by atoms with E-state index in [0.717, 1.165) is 0 Å². The lowest BCUT2D eigenvalue weighted by Crippen LogP contribution is -2.23. The largest absolute Gasteiger partial charge is 0.462 e. The Morgan fingerprint density at radius 1 is 1.17 bits per heavy atom. The van der Waals surface area contributed by atoms with E-state index >= 15 is 0 Å². The van der Waals surface area contributed by atoms with Gasteiger partial charge in [0, 0.05) is 0 Å². The summed E-state index contributed by atoms with van der Waals surface area (Å²) in [6, 6.07) is 4.87. The molecule has 0 saturated carbocycles. The van der Waals surface area contributed by atoms with Gasteiger partial charge in [-0.15, -0.1) is 0 Å². The Kier molecular flexibility index (Phi) is 4.30. The average Bonchev–Trinajstić information content (AvgIpc) is 2.93. The first-order chi connectivity index (χ1) is 11.6. The van der Waals surface area contributed by atoms with Crippen LogP contribution in [0.3, 0.4) is 0 Å². The zero-order chi connectivity index (χ0) is 17.3. The van der Waals surface area contributed by atoms with Crippen molar-refractivity contribution >= 4 is 38.5 Å². The summed E-state index contributed by atoms with van der Waals surface area (Å²) in [6.45, 7) is 3.86. The van der Waals surface area contributed by atoms with Crippen molar-refractivity contribution in [2.24, 2.45) is 0 Å². The number of esters is 2. The maximum Gasteiger partial charge on any atom is 0.345 e. The van der Waals surface area contributed by atoms with Gasteiger partial charge >= 0.3 is 11.9 Å². The highest BCUT2D eigenvalue weighted by Crippen LogP contribution is 2.25. The Labute approximate surface area is 140 Å². The number of aromatic nitrogens is 2.